The Morgan fingerprint density at radius 1 is 0.944 bits per heavy atom. The lowest BCUT2D eigenvalue weighted by molar-refractivity contribution is -0.151. The van der Waals surface area contributed by atoms with Crippen molar-refractivity contribution < 1.29 is 24.2 Å². The molecule has 2 fully saturated rings. The Bertz CT molecular complexity index is 1090. The number of carbonyl (C=O) groups is 3. The molecule has 8 nitrogen and oxygen atoms in total. The second-order valence-corrected chi connectivity index (χ2v) is 10.3. The van der Waals surface area contributed by atoms with E-state index in [9.17, 15) is 19.5 Å². The maximum absolute atomic E-state index is 14.2. The molecule has 4 aliphatic heterocycles. The molecule has 0 aliphatic carbocycles. The number of ether oxygens (including phenoxy) is 1. The van der Waals surface area contributed by atoms with E-state index in [4.69, 9.17) is 4.74 Å². The summed E-state index contributed by atoms with van der Waals surface area (Å²) in [6.07, 6.45) is 9.76. The molecule has 8 heteroatoms. The van der Waals surface area contributed by atoms with Crippen molar-refractivity contribution in [3.63, 3.8) is 0 Å². The van der Waals surface area contributed by atoms with Crippen molar-refractivity contribution >= 4 is 23.4 Å². The van der Waals surface area contributed by atoms with E-state index in [0.717, 1.165) is 18.5 Å². The minimum absolute atomic E-state index is 0.0940. The first-order chi connectivity index (χ1) is 17.4. The van der Waals surface area contributed by atoms with Gasteiger partial charge in [-0.15, -0.1) is 0 Å². The first-order valence-electron chi connectivity index (χ1n) is 13.0. The monoisotopic (exact) mass is 493 g/mol. The third kappa shape index (κ3) is 3.69. The highest BCUT2D eigenvalue weighted by molar-refractivity contribution is 6.04. The van der Waals surface area contributed by atoms with E-state index in [1.165, 1.54) is 0 Å². The number of rotatable bonds is 7. The van der Waals surface area contributed by atoms with Crippen molar-refractivity contribution in [3.8, 4) is 0 Å². The minimum atomic E-state index is -1.25. The van der Waals surface area contributed by atoms with Gasteiger partial charge in [-0.2, -0.15) is 0 Å². The fourth-order valence-electron chi connectivity index (χ4n) is 6.44. The van der Waals surface area contributed by atoms with E-state index in [1.807, 2.05) is 61.6 Å². The van der Waals surface area contributed by atoms with Crippen LogP contribution in [0.25, 0.3) is 0 Å². The predicted octanol–water partition coefficient (Wildman–Crippen LogP) is 2.14. The van der Waals surface area contributed by atoms with Gasteiger partial charge in [0, 0.05) is 38.5 Å². The number of nitrogens with zero attached hydrogens (tertiary/aromatic N) is 3. The second kappa shape index (κ2) is 9.48. The molecule has 4 heterocycles. The van der Waals surface area contributed by atoms with Gasteiger partial charge in [-0.05, 0) is 31.9 Å². The number of fused-ring (bicyclic) bond motifs is 2. The molecule has 4 aliphatic rings. The molecule has 5 rings (SSSR count). The number of hydrogen-bond acceptors (Lipinski definition) is 5. The summed E-state index contributed by atoms with van der Waals surface area (Å²) in [6.45, 7) is 5.49. The highest BCUT2D eigenvalue weighted by Gasteiger charge is 2.74. The topological polar surface area (TPSA) is 90.4 Å². The lowest BCUT2D eigenvalue weighted by atomic mass is 9.74. The molecule has 36 heavy (non-hydrogen) atoms. The van der Waals surface area contributed by atoms with E-state index < -0.39 is 29.1 Å². The van der Waals surface area contributed by atoms with Gasteiger partial charge in [-0.25, -0.2) is 0 Å². The lowest BCUT2D eigenvalue weighted by Gasteiger charge is -2.37. The normalized spacial score (nSPS) is 33.5. The number of hydrogen-bond donors (Lipinski definition) is 1. The number of carbonyl (C=O) groups excluding carboxylic acids is 3. The maximum atomic E-state index is 14.2. The molecule has 0 bridgehead atoms. The van der Waals surface area contributed by atoms with Crippen molar-refractivity contribution in [2.24, 2.45) is 11.8 Å². The Kier molecular flexibility index (Phi) is 6.51. The zero-order valence-corrected chi connectivity index (χ0v) is 21.0. The van der Waals surface area contributed by atoms with E-state index in [2.05, 4.69) is 6.92 Å². The SMILES string of the molecule is CCCCN1CC=C[C@]23O[C@]4(C)C=CCN(c5ccccc5)C(=O)[C@@H]4[C@H]2C(=O)N(CCCO)C3C1=O. The van der Waals surface area contributed by atoms with Gasteiger partial charge in [0.15, 0.2) is 0 Å². The van der Waals surface area contributed by atoms with Crippen molar-refractivity contribution in [3.05, 3.63) is 54.6 Å². The quantitative estimate of drug-likeness (QED) is 0.588. The Morgan fingerprint density at radius 3 is 2.42 bits per heavy atom. The summed E-state index contributed by atoms with van der Waals surface area (Å²) >= 11 is 0. The van der Waals surface area contributed by atoms with Crippen LogP contribution in [0, 0.1) is 11.8 Å². The Balaban J connectivity index is 1.60. The second-order valence-electron chi connectivity index (χ2n) is 10.3. The van der Waals surface area contributed by atoms with Crippen LogP contribution in [-0.4, -0.2) is 82.7 Å². The molecule has 1 spiro atoms. The third-order valence-corrected chi connectivity index (χ3v) is 8.05. The smallest absolute Gasteiger partial charge is 0.249 e. The summed E-state index contributed by atoms with van der Waals surface area (Å²) in [7, 11) is 0. The number of anilines is 1. The van der Waals surface area contributed by atoms with Crippen LogP contribution >= 0.6 is 0 Å². The van der Waals surface area contributed by atoms with Gasteiger partial charge in [0.25, 0.3) is 0 Å². The van der Waals surface area contributed by atoms with Crippen LogP contribution < -0.4 is 4.90 Å². The van der Waals surface area contributed by atoms with Gasteiger partial charge in [-0.3, -0.25) is 14.4 Å². The van der Waals surface area contributed by atoms with Crippen LogP contribution in [0.4, 0.5) is 5.69 Å². The van der Waals surface area contributed by atoms with Gasteiger partial charge in [0.1, 0.15) is 11.6 Å². The number of aliphatic hydroxyl groups is 1. The molecule has 0 radical (unpaired) electrons. The number of benzene rings is 1. The number of para-hydroxylation sites is 1. The number of aliphatic hydroxyl groups excluding tert-OH is 1. The van der Waals surface area contributed by atoms with Gasteiger partial charge in [0.2, 0.25) is 17.7 Å². The fraction of sp³-hybridized carbons (Fsp3) is 0.536. The van der Waals surface area contributed by atoms with Crippen molar-refractivity contribution in [1.82, 2.24) is 9.80 Å². The van der Waals surface area contributed by atoms with Gasteiger partial charge >= 0.3 is 0 Å². The van der Waals surface area contributed by atoms with Crippen LogP contribution in [0.15, 0.2) is 54.6 Å². The summed E-state index contributed by atoms with van der Waals surface area (Å²) in [5.41, 5.74) is -1.52. The van der Waals surface area contributed by atoms with Crippen LogP contribution in [-0.2, 0) is 19.1 Å². The van der Waals surface area contributed by atoms with Crippen molar-refractivity contribution in [2.45, 2.75) is 50.4 Å². The molecule has 1 aromatic rings. The first kappa shape index (κ1) is 24.7. The van der Waals surface area contributed by atoms with Crippen LogP contribution in [0.5, 0.6) is 0 Å². The van der Waals surface area contributed by atoms with E-state index >= 15 is 0 Å². The largest absolute Gasteiger partial charge is 0.396 e. The lowest BCUT2D eigenvalue weighted by Crippen LogP contribution is -2.56. The molecule has 1 aromatic carbocycles. The average Bonchev–Trinajstić information content (AvgIpc) is 3.14. The number of likely N-dealkylation sites (tertiary alicyclic amines) is 1. The average molecular weight is 494 g/mol. The van der Waals surface area contributed by atoms with E-state index in [1.54, 1.807) is 14.7 Å². The standard InChI is InChI=1S/C28H35N3O5/c1-3-4-15-29-16-9-14-28-22(25(34)31(18-10-19-32)23(28)26(29)35)21-24(33)30(20-11-6-5-7-12-20)17-8-13-27(21,2)36-28/h5-9,11-14,21-23,32H,3-4,10,15-19H2,1-2H3/t21-,22-,23?,27+,28-/m0/s1. The molecule has 3 amide bonds. The Morgan fingerprint density at radius 2 is 1.69 bits per heavy atom. The highest BCUT2D eigenvalue weighted by atomic mass is 16.5. The molecular formula is C28H35N3O5. The van der Waals surface area contributed by atoms with Crippen LogP contribution in [0.3, 0.4) is 0 Å². The maximum Gasteiger partial charge on any atom is 0.249 e. The fourth-order valence-corrected chi connectivity index (χ4v) is 6.44. The molecule has 5 atom stereocenters. The zero-order valence-electron chi connectivity index (χ0n) is 21.0. The Labute approximate surface area is 212 Å². The summed E-state index contributed by atoms with van der Waals surface area (Å²) in [5.74, 6) is -2.21. The molecule has 192 valence electrons. The Hall–Kier alpha value is -2.97. The zero-order chi connectivity index (χ0) is 25.5. The number of amides is 3. The third-order valence-electron chi connectivity index (χ3n) is 8.05. The predicted molar refractivity (Wildman–Crippen MR) is 135 cm³/mol. The van der Waals surface area contributed by atoms with E-state index in [-0.39, 0.29) is 30.9 Å². The summed E-state index contributed by atoms with van der Waals surface area (Å²) < 4.78 is 6.79. The summed E-state index contributed by atoms with van der Waals surface area (Å²) in [6, 6.07) is 8.56. The molecule has 0 aromatic heterocycles. The van der Waals surface area contributed by atoms with Crippen LogP contribution in [0.2, 0.25) is 0 Å². The van der Waals surface area contributed by atoms with Gasteiger partial charge in [-0.1, -0.05) is 55.8 Å². The van der Waals surface area contributed by atoms with Gasteiger partial charge in [0.05, 0.1) is 17.4 Å². The van der Waals surface area contributed by atoms with E-state index in [0.29, 0.717) is 26.1 Å². The highest BCUT2D eigenvalue weighted by Crippen LogP contribution is 2.57. The molecule has 0 saturated carbocycles. The molecule has 1 N–H and O–H groups in total. The molecule has 2 saturated heterocycles. The van der Waals surface area contributed by atoms with Crippen molar-refractivity contribution in [1.29, 1.82) is 0 Å². The minimum Gasteiger partial charge on any atom is -0.396 e. The molecular weight excluding hydrogens is 458 g/mol. The summed E-state index contributed by atoms with van der Waals surface area (Å²) in [5, 5.41) is 9.52. The van der Waals surface area contributed by atoms with Crippen molar-refractivity contribution in [2.75, 3.05) is 37.7 Å². The molecule has 1 unspecified atom stereocenters. The van der Waals surface area contributed by atoms with Gasteiger partial charge < -0.3 is 24.5 Å². The number of unbranched alkanes of at least 4 members (excludes halogenated alkanes) is 1. The summed E-state index contributed by atoms with van der Waals surface area (Å²) in [4.78, 5) is 47.3. The first-order valence-corrected chi connectivity index (χ1v) is 13.0. The van der Waals surface area contributed by atoms with Crippen LogP contribution in [0.1, 0.15) is 33.1 Å².